The zero-order chi connectivity index (χ0) is 24.5. The molecule has 0 aromatic heterocycles. The predicted octanol–water partition coefficient (Wildman–Crippen LogP) is 3.70. The van der Waals surface area contributed by atoms with Crippen LogP contribution in [0.5, 0.6) is 5.75 Å². The van der Waals surface area contributed by atoms with Crippen molar-refractivity contribution >= 4 is 29.1 Å². The van der Waals surface area contributed by atoms with Gasteiger partial charge in [-0.3, -0.25) is 19.2 Å². The molecule has 3 atom stereocenters. The Kier molecular flexibility index (Phi) is 4.56. The van der Waals surface area contributed by atoms with Crippen LogP contribution >= 0.6 is 0 Å². The molecule has 7 nitrogen and oxygen atoms in total. The van der Waals surface area contributed by atoms with E-state index in [1.165, 1.54) is 7.11 Å². The summed E-state index contributed by atoms with van der Waals surface area (Å²) in [5.41, 5.74) is 0.246. The molecular weight excluding hydrogens is 446 g/mol. The zero-order valence-corrected chi connectivity index (χ0v) is 19.1. The van der Waals surface area contributed by atoms with Gasteiger partial charge in [-0.15, -0.1) is 0 Å². The van der Waals surface area contributed by atoms with E-state index in [1.54, 1.807) is 72.8 Å². The Morgan fingerprint density at radius 3 is 2.11 bits per heavy atom. The number of fused-ring (bicyclic) bond motifs is 3. The number of anilines is 1. The molecule has 1 spiro atoms. The summed E-state index contributed by atoms with van der Waals surface area (Å²) < 4.78 is 11.6. The number of hydrogen-bond acceptors (Lipinski definition) is 6. The van der Waals surface area contributed by atoms with Gasteiger partial charge in [0.25, 0.3) is 0 Å². The number of methoxy groups -OCH3 is 1. The lowest BCUT2D eigenvalue weighted by Gasteiger charge is -2.27. The molecule has 2 fully saturated rings. The standard InChI is InChI=1S/C28H21NO6/c1-15-10-12-17(13-11-15)29-26(32)21-22(27(29)33)28(24(30)19-8-3-4-9-20(19)25(28)31)35-23(21)16-6-5-7-18(14-16)34-2/h3-14,21-23H,1-2H3/t21-,22+,23+/m0/s1. The highest BCUT2D eigenvalue weighted by atomic mass is 16.5. The maximum Gasteiger partial charge on any atom is 0.241 e. The fraction of sp³-hybridized carbons (Fsp3) is 0.214. The lowest BCUT2D eigenvalue weighted by atomic mass is 9.77. The Bertz CT molecular complexity index is 1390. The van der Waals surface area contributed by atoms with Crippen LogP contribution < -0.4 is 9.64 Å². The summed E-state index contributed by atoms with van der Waals surface area (Å²) in [4.78, 5) is 56.3. The molecule has 0 saturated carbocycles. The average molecular weight is 467 g/mol. The minimum absolute atomic E-state index is 0.205. The number of benzene rings is 3. The molecule has 0 N–H and O–H groups in total. The van der Waals surface area contributed by atoms with E-state index in [1.807, 2.05) is 6.92 Å². The average Bonchev–Trinajstić information content (AvgIpc) is 3.45. The highest BCUT2D eigenvalue weighted by Gasteiger charge is 2.74. The Labute approximate surface area is 201 Å². The number of aryl methyl sites for hydroxylation is 1. The van der Waals surface area contributed by atoms with Gasteiger partial charge in [-0.1, -0.05) is 54.1 Å². The Morgan fingerprint density at radius 2 is 1.49 bits per heavy atom. The van der Waals surface area contributed by atoms with Gasteiger partial charge in [0.1, 0.15) is 5.75 Å². The van der Waals surface area contributed by atoms with Gasteiger partial charge in [-0.25, -0.2) is 4.90 Å². The molecule has 2 saturated heterocycles. The molecule has 2 aliphatic heterocycles. The molecule has 35 heavy (non-hydrogen) atoms. The topological polar surface area (TPSA) is 90.0 Å². The number of nitrogens with zero attached hydrogens (tertiary/aromatic N) is 1. The van der Waals surface area contributed by atoms with E-state index in [9.17, 15) is 19.2 Å². The molecule has 6 rings (SSSR count). The molecule has 0 radical (unpaired) electrons. The SMILES string of the molecule is COc1cccc([C@H]2OC3(C(=O)c4ccccc4C3=O)[C@H]3C(=O)N(c4ccc(C)cc4)C(=O)[C@H]23)c1. The fourth-order valence-corrected chi connectivity index (χ4v) is 5.58. The van der Waals surface area contributed by atoms with Crippen molar-refractivity contribution in [3.8, 4) is 5.75 Å². The Morgan fingerprint density at radius 1 is 0.829 bits per heavy atom. The van der Waals surface area contributed by atoms with E-state index in [0.717, 1.165) is 10.5 Å². The smallest absolute Gasteiger partial charge is 0.241 e. The second-order valence-corrected chi connectivity index (χ2v) is 9.11. The van der Waals surface area contributed by atoms with Crippen molar-refractivity contribution in [2.75, 3.05) is 12.0 Å². The fourth-order valence-electron chi connectivity index (χ4n) is 5.58. The molecular formula is C28H21NO6. The second kappa shape index (κ2) is 7.45. The van der Waals surface area contributed by atoms with Gasteiger partial charge in [0.2, 0.25) is 29.0 Å². The lowest BCUT2D eigenvalue weighted by Crippen LogP contribution is -2.51. The van der Waals surface area contributed by atoms with Crippen molar-refractivity contribution in [3.05, 3.63) is 95.1 Å². The van der Waals surface area contributed by atoms with Gasteiger partial charge in [-0.05, 0) is 36.8 Å². The number of ether oxygens (including phenoxy) is 2. The Balaban J connectivity index is 1.54. The van der Waals surface area contributed by atoms with E-state index < -0.39 is 46.9 Å². The Hall–Kier alpha value is -4.10. The van der Waals surface area contributed by atoms with Crippen LogP contribution in [0, 0.1) is 18.8 Å². The lowest BCUT2D eigenvalue weighted by molar-refractivity contribution is -0.127. The summed E-state index contributed by atoms with van der Waals surface area (Å²) in [5, 5.41) is 0. The van der Waals surface area contributed by atoms with Gasteiger partial charge < -0.3 is 9.47 Å². The minimum atomic E-state index is -2.09. The number of hydrogen-bond donors (Lipinski definition) is 0. The van der Waals surface area contributed by atoms with Crippen LogP contribution in [0.1, 0.15) is 37.9 Å². The summed E-state index contributed by atoms with van der Waals surface area (Å²) in [6.45, 7) is 1.90. The van der Waals surface area contributed by atoms with E-state index in [4.69, 9.17) is 9.47 Å². The summed E-state index contributed by atoms with van der Waals surface area (Å²) in [6.07, 6.45) is -0.982. The predicted molar refractivity (Wildman–Crippen MR) is 125 cm³/mol. The van der Waals surface area contributed by atoms with Crippen LogP contribution in [0.4, 0.5) is 5.69 Å². The molecule has 1 aliphatic carbocycles. The molecule has 174 valence electrons. The van der Waals surface area contributed by atoms with Crippen LogP contribution in [-0.2, 0) is 14.3 Å². The van der Waals surface area contributed by atoms with Crippen LogP contribution in [-0.4, -0.2) is 36.1 Å². The number of amides is 2. The minimum Gasteiger partial charge on any atom is -0.497 e. The van der Waals surface area contributed by atoms with Crippen LogP contribution in [0.2, 0.25) is 0 Å². The quantitative estimate of drug-likeness (QED) is 0.431. The molecule has 3 aromatic rings. The zero-order valence-electron chi connectivity index (χ0n) is 19.1. The molecule has 3 aliphatic rings. The van der Waals surface area contributed by atoms with Gasteiger partial charge in [-0.2, -0.15) is 0 Å². The van der Waals surface area contributed by atoms with Crippen molar-refractivity contribution in [2.24, 2.45) is 11.8 Å². The van der Waals surface area contributed by atoms with Crippen molar-refractivity contribution in [2.45, 2.75) is 18.6 Å². The molecule has 7 heteroatoms. The normalized spacial score (nSPS) is 24.3. The third-order valence-corrected chi connectivity index (χ3v) is 7.23. The third-order valence-electron chi connectivity index (χ3n) is 7.23. The number of carbonyl (C=O) groups excluding carboxylic acids is 4. The largest absolute Gasteiger partial charge is 0.497 e. The maximum atomic E-state index is 13.9. The van der Waals surface area contributed by atoms with Crippen molar-refractivity contribution < 1.29 is 28.7 Å². The van der Waals surface area contributed by atoms with Crippen molar-refractivity contribution in [3.63, 3.8) is 0 Å². The second-order valence-electron chi connectivity index (χ2n) is 9.11. The first kappa shape index (κ1) is 21.4. The third kappa shape index (κ3) is 2.76. The highest BCUT2D eigenvalue weighted by molar-refractivity contribution is 6.37. The first-order valence-electron chi connectivity index (χ1n) is 11.3. The van der Waals surface area contributed by atoms with Crippen molar-refractivity contribution in [1.82, 2.24) is 0 Å². The van der Waals surface area contributed by atoms with E-state index in [2.05, 4.69) is 0 Å². The molecule has 2 heterocycles. The highest BCUT2D eigenvalue weighted by Crippen LogP contribution is 2.57. The van der Waals surface area contributed by atoms with Crippen LogP contribution in [0.3, 0.4) is 0 Å². The number of Topliss-reactive ketones (excluding diaryl/α,β-unsaturated/α-hetero) is 2. The van der Waals surface area contributed by atoms with E-state index in [0.29, 0.717) is 17.0 Å². The number of ketones is 2. The summed E-state index contributed by atoms with van der Waals surface area (Å²) in [6, 6.07) is 20.3. The summed E-state index contributed by atoms with van der Waals surface area (Å²) >= 11 is 0. The first-order chi connectivity index (χ1) is 16.9. The monoisotopic (exact) mass is 467 g/mol. The maximum absolute atomic E-state index is 13.9. The van der Waals surface area contributed by atoms with Crippen LogP contribution in [0.25, 0.3) is 0 Å². The molecule has 3 aromatic carbocycles. The van der Waals surface area contributed by atoms with E-state index in [-0.39, 0.29) is 11.1 Å². The molecule has 2 amide bonds. The molecule has 0 unspecified atom stereocenters. The number of imide groups is 1. The molecule has 0 bridgehead atoms. The van der Waals surface area contributed by atoms with Gasteiger partial charge >= 0.3 is 0 Å². The number of rotatable bonds is 3. The van der Waals surface area contributed by atoms with Crippen LogP contribution in [0.15, 0.2) is 72.8 Å². The van der Waals surface area contributed by atoms with Gasteiger partial charge in [0.15, 0.2) is 0 Å². The van der Waals surface area contributed by atoms with Gasteiger partial charge in [0.05, 0.1) is 30.7 Å². The first-order valence-corrected chi connectivity index (χ1v) is 11.3. The van der Waals surface area contributed by atoms with Gasteiger partial charge in [0, 0.05) is 11.1 Å². The van der Waals surface area contributed by atoms with E-state index >= 15 is 0 Å². The number of carbonyl (C=O) groups is 4. The van der Waals surface area contributed by atoms with Crippen molar-refractivity contribution in [1.29, 1.82) is 0 Å². The summed E-state index contributed by atoms with van der Waals surface area (Å²) in [5.74, 6) is -4.05. The summed E-state index contributed by atoms with van der Waals surface area (Å²) in [7, 11) is 1.52.